The highest BCUT2D eigenvalue weighted by molar-refractivity contribution is 5.82. The second-order valence-corrected chi connectivity index (χ2v) is 9.39. The number of carbonyl (C=O) groups excluding carboxylic acids is 1. The van der Waals surface area contributed by atoms with Crippen LogP contribution in [0.1, 0.15) is 58.3 Å². The highest BCUT2D eigenvalue weighted by Gasteiger charge is 2.55. The van der Waals surface area contributed by atoms with Crippen molar-refractivity contribution < 1.29 is 18.0 Å². The molecule has 5 nitrogen and oxygen atoms in total. The molecule has 0 aromatic heterocycles. The van der Waals surface area contributed by atoms with E-state index in [9.17, 15) is 18.0 Å². The molecule has 0 aromatic carbocycles. The van der Waals surface area contributed by atoms with E-state index in [4.69, 9.17) is 0 Å². The topological polar surface area (TPSA) is 56.4 Å². The molecule has 0 aromatic rings. The Morgan fingerprint density at radius 2 is 1.96 bits per heavy atom. The summed E-state index contributed by atoms with van der Waals surface area (Å²) in [5, 5.41) is 3.36. The van der Waals surface area contributed by atoms with Gasteiger partial charge >= 0.3 is 6.18 Å². The average molecular weight is 403 g/mol. The molecular formula is C20H33F3N4O. The Labute approximate surface area is 165 Å². The van der Waals surface area contributed by atoms with Gasteiger partial charge in [0.25, 0.3) is 0 Å². The van der Waals surface area contributed by atoms with Crippen LogP contribution in [-0.4, -0.2) is 42.4 Å². The summed E-state index contributed by atoms with van der Waals surface area (Å²) >= 11 is 0. The van der Waals surface area contributed by atoms with Gasteiger partial charge in [0.15, 0.2) is 0 Å². The van der Waals surface area contributed by atoms with Gasteiger partial charge in [0.1, 0.15) is 0 Å². The lowest BCUT2D eigenvalue weighted by Gasteiger charge is -2.38. The van der Waals surface area contributed by atoms with Crippen molar-refractivity contribution in [2.24, 2.45) is 29.6 Å². The van der Waals surface area contributed by atoms with Gasteiger partial charge < -0.3 is 4.90 Å². The largest absolute Gasteiger partial charge is 0.392 e. The second kappa shape index (κ2) is 8.11. The third kappa shape index (κ3) is 4.05. The molecule has 8 heteroatoms. The molecule has 2 aliphatic heterocycles. The van der Waals surface area contributed by atoms with Crippen LogP contribution < -0.4 is 16.2 Å². The normalized spacial score (nSPS) is 40.6. The van der Waals surface area contributed by atoms with Gasteiger partial charge in [0.2, 0.25) is 5.91 Å². The SMILES string of the molecule is C[C@H](CC1NCNN1)C1CCCC(N2CC3C(CCCC3C(F)(F)F)C2=O)C1. The second-order valence-electron chi connectivity index (χ2n) is 9.39. The number of likely N-dealkylation sites (tertiary alicyclic amines) is 1. The van der Waals surface area contributed by atoms with Crippen LogP contribution >= 0.6 is 0 Å². The Balaban J connectivity index is 1.40. The zero-order valence-corrected chi connectivity index (χ0v) is 16.6. The fraction of sp³-hybridized carbons (Fsp3) is 0.950. The van der Waals surface area contributed by atoms with Crippen LogP contribution in [0.5, 0.6) is 0 Å². The van der Waals surface area contributed by atoms with E-state index in [-0.39, 0.29) is 24.5 Å². The van der Waals surface area contributed by atoms with Crippen LogP contribution in [0.2, 0.25) is 0 Å². The fourth-order valence-electron chi connectivity index (χ4n) is 6.20. The lowest BCUT2D eigenvalue weighted by atomic mass is 9.73. The van der Waals surface area contributed by atoms with Gasteiger partial charge in [-0.15, -0.1) is 0 Å². The number of nitrogens with zero attached hydrogens (tertiary/aromatic N) is 1. The molecule has 0 spiro atoms. The summed E-state index contributed by atoms with van der Waals surface area (Å²) in [6.45, 7) is 3.34. The summed E-state index contributed by atoms with van der Waals surface area (Å²) in [6.07, 6.45) is 2.51. The van der Waals surface area contributed by atoms with Crippen molar-refractivity contribution in [1.82, 2.24) is 21.1 Å². The molecule has 4 rings (SSSR count). The Hall–Kier alpha value is -0.860. The van der Waals surface area contributed by atoms with Gasteiger partial charge in [-0.05, 0) is 49.9 Å². The minimum Gasteiger partial charge on any atom is -0.339 e. The highest BCUT2D eigenvalue weighted by atomic mass is 19.4. The third-order valence-electron chi connectivity index (χ3n) is 7.75. The average Bonchev–Trinajstić information content (AvgIpc) is 3.29. The number of amides is 1. The zero-order valence-electron chi connectivity index (χ0n) is 16.6. The molecule has 4 aliphatic rings. The molecule has 2 heterocycles. The highest BCUT2D eigenvalue weighted by Crippen LogP contribution is 2.49. The van der Waals surface area contributed by atoms with Gasteiger partial charge in [-0.3, -0.25) is 10.1 Å². The van der Waals surface area contributed by atoms with E-state index >= 15 is 0 Å². The summed E-state index contributed by atoms with van der Waals surface area (Å²) < 4.78 is 40.5. The van der Waals surface area contributed by atoms with Gasteiger partial charge in [-0.25, -0.2) is 10.9 Å². The van der Waals surface area contributed by atoms with Crippen molar-refractivity contribution in [3.63, 3.8) is 0 Å². The van der Waals surface area contributed by atoms with Gasteiger partial charge in [0, 0.05) is 18.5 Å². The molecular weight excluding hydrogens is 369 g/mol. The maximum absolute atomic E-state index is 13.5. The molecule has 0 bridgehead atoms. The van der Waals surface area contributed by atoms with Crippen LogP contribution in [-0.2, 0) is 4.79 Å². The molecule has 7 atom stereocenters. The molecule has 28 heavy (non-hydrogen) atoms. The first-order valence-electron chi connectivity index (χ1n) is 10.9. The molecule has 0 radical (unpaired) electrons. The summed E-state index contributed by atoms with van der Waals surface area (Å²) in [6, 6.07) is 0.121. The molecule has 3 N–H and O–H groups in total. The minimum atomic E-state index is -4.18. The van der Waals surface area contributed by atoms with Crippen LogP contribution in [0.3, 0.4) is 0 Å². The minimum absolute atomic E-state index is 0.000536. The van der Waals surface area contributed by atoms with Crippen molar-refractivity contribution in [1.29, 1.82) is 0 Å². The van der Waals surface area contributed by atoms with Crippen LogP contribution in [0.25, 0.3) is 0 Å². The standard InChI is InChI=1S/C20H33F3N4O/c1-12(8-18-24-11-25-26-18)13-4-2-5-14(9-13)27-10-16-15(19(27)28)6-3-7-17(16)20(21,22)23/h12-18,24-26H,2-11H2,1H3/t12-,13?,14?,15?,16?,17?,18?/m1/s1. The molecule has 6 unspecified atom stereocenters. The number of hydrazine groups is 1. The number of nitrogens with one attached hydrogen (secondary N) is 3. The number of rotatable bonds is 4. The molecule has 2 aliphatic carbocycles. The van der Waals surface area contributed by atoms with Gasteiger partial charge in [0.05, 0.1) is 18.8 Å². The van der Waals surface area contributed by atoms with Gasteiger partial charge in [-0.1, -0.05) is 26.2 Å². The number of hydrogen-bond acceptors (Lipinski definition) is 4. The van der Waals surface area contributed by atoms with Crippen molar-refractivity contribution in [3.8, 4) is 0 Å². The van der Waals surface area contributed by atoms with Crippen LogP contribution in [0.15, 0.2) is 0 Å². The molecule has 2 saturated carbocycles. The van der Waals surface area contributed by atoms with Gasteiger partial charge in [-0.2, -0.15) is 13.2 Å². The number of halogens is 3. The van der Waals surface area contributed by atoms with Crippen LogP contribution in [0.4, 0.5) is 13.2 Å². The summed E-state index contributed by atoms with van der Waals surface area (Å²) in [7, 11) is 0. The summed E-state index contributed by atoms with van der Waals surface area (Å²) in [5.41, 5.74) is 6.30. The van der Waals surface area contributed by atoms with Crippen molar-refractivity contribution >= 4 is 5.91 Å². The summed E-state index contributed by atoms with van der Waals surface area (Å²) in [5.74, 6) is -1.20. The van der Waals surface area contributed by atoms with Crippen molar-refractivity contribution in [2.75, 3.05) is 13.2 Å². The summed E-state index contributed by atoms with van der Waals surface area (Å²) in [4.78, 5) is 14.9. The Morgan fingerprint density at radius 1 is 1.18 bits per heavy atom. The quantitative estimate of drug-likeness (QED) is 0.677. The Kier molecular flexibility index (Phi) is 5.91. The first-order valence-corrected chi connectivity index (χ1v) is 10.9. The van der Waals surface area contributed by atoms with Crippen molar-refractivity contribution in [2.45, 2.75) is 76.7 Å². The van der Waals surface area contributed by atoms with E-state index < -0.39 is 23.9 Å². The van der Waals surface area contributed by atoms with E-state index in [1.54, 1.807) is 0 Å². The van der Waals surface area contributed by atoms with Crippen LogP contribution in [0, 0.1) is 29.6 Å². The van der Waals surface area contributed by atoms with Crippen molar-refractivity contribution in [3.05, 3.63) is 0 Å². The Morgan fingerprint density at radius 3 is 2.68 bits per heavy atom. The zero-order chi connectivity index (χ0) is 19.9. The molecule has 4 fully saturated rings. The maximum Gasteiger partial charge on any atom is 0.392 e. The molecule has 1 amide bonds. The maximum atomic E-state index is 13.5. The third-order valence-corrected chi connectivity index (χ3v) is 7.75. The van der Waals surface area contributed by atoms with E-state index in [0.717, 1.165) is 38.8 Å². The molecule has 160 valence electrons. The number of hydrogen-bond donors (Lipinski definition) is 3. The lowest BCUT2D eigenvalue weighted by Crippen LogP contribution is -2.43. The lowest BCUT2D eigenvalue weighted by molar-refractivity contribution is -0.198. The van der Waals surface area contributed by atoms with E-state index in [0.29, 0.717) is 31.2 Å². The fourth-order valence-corrected chi connectivity index (χ4v) is 6.20. The van der Waals surface area contributed by atoms with E-state index in [2.05, 4.69) is 23.1 Å². The Bertz CT molecular complexity index is 566. The first kappa shape index (κ1) is 20.4. The number of alkyl halides is 3. The first-order chi connectivity index (χ1) is 13.3. The monoisotopic (exact) mass is 402 g/mol. The predicted molar refractivity (Wildman–Crippen MR) is 99.7 cm³/mol. The number of carbonyl (C=O) groups is 1. The predicted octanol–water partition coefficient (Wildman–Crippen LogP) is 2.99. The molecule has 2 saturated heterocycles. The van der Waals surface area contributed by atoms with E-state index in [1.165, 1.54) is 0 Å². The number of fused-ring (bicyclic) bond motifs is 1. The van der Waals surface area contributed by atoms with E-state index in [1.807, 2.05) is 4.90 Å². The smallest absolute Gasteiger partial charge is 0.339 e.